The third-order valence-corrected chi connectivity index (χ3v) is 4.44. The van der Waals surface area contributed by atoms with Crippen molar-refractivity contribution in [1.29, 1.82) is 0 Å². The molecule has 0 saturated carbocycles. The van der Waals surface area contributed by atoms with Gasteiger partial charge < -0.3 is 19.5 Å². The minimum absolute atomic E-state index is 0.0135. The zero-order valence-corrected chi connectivity index (χ0v) is 19.5. The molecule has 2 N–H and O–H groups in total. The standard InChI is InChI=1S/C22H26BrN3O5/c1-5-30-19-11-15(10-17(23)21(19)31-14(2)3)12-25-26-20(27)13-24-22(28)16-8-6-7-9-18(16)29-4/h6-12,14H,5,13H2,1-4H3,(H,24,28)(H,26,27). The third-order valence-electron chi connectivity index (χ3n) is 3.85. The number of benzene rings is 2. The normalized spacial score (nSPS) is 10.8. The Hall–Kier alpha value is -3.07. The Morgan fingerprint density at radius 2 is 1.94 bits per heavy atom. The predicted molar refractivity (Wildman–Crippen MR) is 122 cm³/mol. The highest BCUT2D eigenvalue weighted by molar-refractivity contribution is 9.10. The topological polar surface area (TPSA) is 98.2 Å². The summed E-state index contributed by atoms with van der Waals surface area (Å²) in [5, 5.41) is 6.47. The SMILES string of the molecule is CCOc1cc(C=NNC(=O)CNC(=O)c2ccccc2OC)cc(Br)c1OC(C)C. The van der Waals surface area contributed by atoms with E-state index in [-0.39, 0.29) is 12.6 Å². The summed E-state index contributed by atoms with van der Waals surface area (Å²) in [5.41, 5.74) is 3.43. The Balaban J connectivity index is 1.97. The van der Waals surface area contributed by atoms with Gasteiger partial charge in [-0.15, -0.1) is 0 Å². The second-order valence-corrected chi connectivity index (χ2v) is 7.46. The molecule has 0 heterocycles. The van der Waals surface area contributed by atoms with Crippen molar-refractivity contribution in [2.75, 3.05) is 20.3 Å². The van der Waals surface area contributed by atoms with E-state index in [9.17, 15) is 9.59 Å². The molecule has 0 aliphatic heterocycles. The molecule has 2 aromatic rings. The average Bonchev–Trinajstić information content (AvgIpc) is 2.74. The molecular formula is C22H26BrN3O5. The summed E-state index contributed by atoms with van der Waals surface area (Å²) >= 11 is 3.48. The number of amides is 2. The molecule has 9 heteroatoms. The summed E-state index contributed by atoms with van der Waals surface area (Å²) in [6, 6.07) is 10.3. The highest BCUT2D eigenvalue weighted by Crippen LogP contribution is 2.37. The van der Waals surface area contributed by atoms with Gasteiger partial charge in [-0.1, -0.05) is 12.1 Å². The molecule has 2 rings (SSSR count). The van der Waals surface area contributed by atoms with E-state index in [1.165, 1.54) is 13.3 Å². The van der Waals surface area contributed by atoms with Crippen LogP contribution in [0.4, 0.5) is 0 Å². The van der Waals surface area contributed by atoms with Crippen LogP contribution in [0.2, 0.25) is 0 Å². The predicted octanol–water partition coefficient (Wildman–Crippen LogP) is 3.52. The lowest BCUT2D eigenvalue weighted by Gasteiger charge is -2.16. The number of halogens is 1. The molecule has 0 aliphatic carbocycles. The minimum atomic E-state index is -0.469. The van der Waals surface area contributed by atoms with Crippen molar-refractivity contribution < 1.29 is 23.8 Å². The summed E-state index contributed by atoms with van der Waals surface area (Å²) in [6.07, 6.45) is 1.47. The van der Waals surface area contributed by atoms with Crippen LogP contribution in [0.3, 0.4) is 0 Å². The molecule has 0 atom stereocenters. The van der Waals surface area contributed by atoms with Gasteiger partial charge in [-0.05, 0) is 66.5 Å². The number of para-hydroxylation sites is 1. The van der Waals surface area contributed by atoms with E-state index in [1.54, 1.807) is 36.4 Å². The van der Waals surface area contributed by atoms with Crippen LogP contribution >= 0.6 is 15.9 Å². The fraction of sp³-hybridized carbons (Fsp3) is 0.318. The lowest BCUT2D eigenvalue weighted by Crippen LogP contribution is -2.35. The highest BCUT2D eigenvalue weighted by Gasteiger charge is 2.14. The van der Waals surface area contributed by atoms with E-state index >= 15 is 0 Å². The summed E-state index contributed by atoms with van der Waals surface area (Å²) in [6.45, 7) is 5.99. The van der Waals surface area contributed by atoms with Gasteiger partial charge in [-0.2, -0.15) is 5.10 Å². The number of ether oxygens (including phenoxy) is 3. The second kappa shape index (κ2) is 11.9. The largest absolute Gasteiger partial charge is 0.496 e. The van der Waals surface area contributed by atoms with Crippen LogP contribution in [-0.4, -0.2) is 44.4 Å². The van der Waals surface area contributed by atoms with Crippen LogP contribution in [0, 0.1) is 0 Å². The van der Waals surface area contributed by atoms with E-state index < -0.39 is 11.8 Å². The molecule has 0 saturated heterocycles. The minimum Gasteiger partial charge on any atom is -0.496 e. The van der Waals surface area contributed by atoms with Gasteiger partial charge in [0.15, 0.2) is 11.5 Å². The lowest BCUT2D eigenvalue weighted by atomic mass is 10.2. The van der Waals surface area contributed by atoms with Gasteiger partial charge in [0.2, 0.25) is 0 Å². The second-order valence-electron chi connectivity index (χ2n) is 6.61. The first-order valence-electron chi connectivity index (χ1n) is 9.71. The van der Waals surface area contributed by atoms with Crippen molar-refractivity contribution in [3.63, 3.8) is 0 Å². The van der Waals surface area contributed by atoms with Gasteiger partial charge in [0.1, 0.15) is 5.75 Å². The molecule has 2 aromatic carbocycles. The number of nitrogens with one attached hydrogen (secondary N) is 2. The quantitative estimate of drug-likeness (QED) is 0.391. The highest BCUT2D eigenvalue weighted by atomic mass is 79.9. The number of carbonyl (C=O) groups excluding carboxylic acids is 2. The van der Waals surface area contributed by atoms with Crippen molar-refractivity contribution in [1.82, 2.24) is 10.7 Å². The number of nitrogens with zero attached hydrogens (tertiary/aromatic N) is 1. The van der Waals surface area contributed by atoms with Crippen molar-refractivity contribution in [3.8, 4) is 17.2 Å². The molecule has 31 heavy (non-hydrogen) atoms. The van der Waals surface area contributed by atoms with Crippen LogP contribution in [-0.2, 0) is 4.79 Å². The zero-order chi connectivity index (χ0) is 22.8. The summed E-state index contributed by atoms with van der Waals surface area (Å²) < 4.78 is 17.3. The Kier molecular flexibility index (Phi) is 9.33. The van der Waals surface area contributed by atoms with Crippen molar-refractivity contribution in [2.45, 2.75) is 26.9 Å². The van der Waals surface area contributed by atoms with E-state index in [0.717, 1.165) is 0 Å². The molecular weight excluding hydrogens is 466 g/mol. The van der Waals surface area contributed by atoms with Crippen LogP contribution in [0.1, 0.15) is 36.7 Å². The third kappa shape index (κ3) is 7.29. The van der Waals surface area contributed by atoms with Gasteiger partial charge in [0.25, 0.3) is 11.8 Å². The molecule has 166 valence electrons. The first kappa shape index (κ1) is 24.2. The molecule has 2 amide bonds. The van der Waals surface area contributed by atoms with Gasteiger partial charge >= 0.3 is 0 Å². The molecule has 0 aliphatic rings. The van der Waals surface area contributed by atoms with Crippen LogP contribution in [0.5, 0.6) is 17.2 Å². The van der Waals surface area contributed by atoms with E-state index in [1.807, 2.05) is 20.8 Å². The zero-order valence-electron chi connectivity index (χ0n) is 17.9. The summed E-state index contributed by atoms with van der Waals surface area (Å²) in [7, 11) is 1.48. The van der Waals surface area contributed by atoms with Crippen LogP contribution < -0.4 is 25.0 Å². The maximum Gasteiger partial charge on any atom is 0.259 e. The van der Waals surface area contributed by atoms with Crippen LogP contribution in [0.15, 0.2) is 46.0 Å². The monoisotopic (exact) mass is 491 g/mol. The number of hydrogen-bond acceptors (Lipinski definition) is 6. The number of methoxy groups -OCH3 is 1. The summed E-state index contributed by atoms with van der Waals surface area (Å²) in [4.78, 5) is 24.2. The fourth-order valence-electron chi connectivity index (χ4n) is 2.58. The van der Waals surface area contributed by atoms with Crippen LogP contribution in [0.25, 0.3) is 0 Å². The summed E-state index contributed by atoms with van der Waals surface area (Å²) in [5.74, 6) is 0.726. The molecule has 0 spiro atoms. The first-order valence-corrected chi connectivity index (χ1v) is 10.5. The molecule has 0 radical (unpaired) electrons. The smallest absolute Gasteiger partial charge is 0.259 e. The van der Waals surface area contributed by atoms with Gasteiger partial charge in [0.05, 0.1) is 42.6 Å². The number of hydrazone groups is 1. The van der Waals surface area contributed by atoms with E-state index in [0.29, 0.717) is 39.5 Å². The lowest BCUT2D eigenvalue weighted by molar-refractivity contribution is -0.120. The van der Waals surface area contributed by atoms with Gasteiger partial charge in [-0.25, -0.2) is 5.43 Å². The van der Waals surface area contributed by atoms with E-state index in [2.05, 4.69) is 31.8 Å². The molecule has 8 nitrogen and oxygen atoms in total. The average molecular weight is 492 g/mol. The maximum absolute atomic E-state index is 12.2. The Bertz CT molecular complexity index is 947. The molecule has 0 bridgehead atoms. The fourth-order valence-corrected chi connectivity index (χ4v) is 3.14. The Morgan fingerprint density at radius 1 is 1.19 bits per heavy atom. The molecule has 0 fully saturated rings. The Labute approximate surface area is 190 Å². The Morgan fingerprint density at radius 3 is 2.61 bits per heavy atom. The van der Waals surface area contributed by atoms with Crippen molar-refractivity contribution in [2.24, 2.45) is 5.10 Å². The number of hydrogen-bond donors (Lipinski definition) is 2. The van der Waals surface area contributed by atoms with Crippen molar-refractivity contribution in [3.05, 3.63) is 52.0 Å². The maximum atomic E-state index is 12.2. The first-order chi connectivity index (χ1) is 14.8. The van der Waals surface area contributed by atoms with E-state index in [4.69, 9.17) is 14.2 Å². The van der Waals surface area contributed by atoms with Gasteiger partial charge in [0, 0.05) is 0 Å². The number of carbonyl (C=O) groups is 2. The van der Waals surface area contributed by atoms with Gasteiger partial charge in [-0.3, -0.25) is 9.59 Å². The van der Waals surface area contributed by atoms with Crippen molar-refractivity contribution >= 4 is 34.0 Å². The molecule has 0 unspecified atom stereocenters. The molecule has 0 aromatic heterocycles. The number of rotatable bonds is 10.